The van der Waals surface area contributed by atoms with Gasteiger partial charge in [-0.2, -0.15) is 0 Å². The van der Waals surface area contributed by atoms with Crippen molar-refractivity contribution in [2.45, 2.75) is 26.4 Å². The Hall–Kier alpha value is -0.0900. The zero-order chi connectivity index (χ0) is 12.1. The summed E-state index contributed by atoms with van der Waals surface area (Å²) in [7, 11) is 0. The molecule has 3 N–H and O–H groups in total. The van der Waals surface area contributed by atoms with Gasteiger partial charge in [-0.25, -0.2) is 0 Å². The molecule has 1 aromatic rings. The SMILES string of the molecule is CC(C)C(CN)NCc1ccc(Cl)cc1Br. The number of hydrogen-bond acceptors (Lipinski definition) is 2. The van der Waals surface area contributed by atoms with Gasteiger partial charge >= 0.3 is 0 Å². The molecule has 2 nitrogen and oxygen atoms in total. The van der Waals surface area contributed by atoms with E-state index < -0.39 is 0 Å². The van der Waals surface area contributed by atoms with Crippen molar-refractivity contribution in [3.8, 4) is 0 Å². The topological polar surface area (TPSA) is 38.0 Å². The van der Waals surface area contributed by atoms with E-state index in [1.165, 1.54) is 5.56 Å². The summed E-state index contributed by atoms with van der Waals surface area (Å²) >= 11 is 9.39. The summed E-state index contributed by atoms with van der Waals surface area (Å²) in [5.74, 6) is 0.538. The molecule has 0 fully saturated rings. The number of nitrogens with two attached hydrogens (primary N) is 1. The van der Waals surface area contributed by atoms with Gasteiger partial charge in [-0.3, -0.25) is 0 Å². The van der Waals surface area contributed by atoms with Crippen molar-refractivity contribution in [3.05, 3.63) is 33.3 Å². The monoisotopic (exact) mass is 304 g/mol. The molecule has 90 valence electrons. The lowest BCUT2D eigenvalue weighted by Crippen LogP contribution is -2.39. The first kappa shape index (κ1) is 14.0. The predicted octanol–water partition coefficient (Wildman–Crippen LogP) is 3.18. The van der Waals surface area contributed by atoms with E-state index in [2.05, 4.69) is 35.1 Å². The highest BCUT2D eigenvalue weighted by molar-refractivity contribution is 9.10. The Balaban J connectivity index is 2.60. The second kappa shape index (κ2) is 6.60. The fourth-order valence-corrected chi connectivity index (χ4v) is 2.32. The zero-order valence-corrected chi connectivity index (χ0v) is 12.0. The highest BCUT2D eigenvalue weighted by Crippen LogP contribution is 2.21. The molecule has 0 heterocycles. The molecule has 16 heavy (non-hydrogen) atoms. The summed E-state index contributed by atoms with van der Waals surface area (Å²) in [6.45, 7) is 5.80. The van der Waals surface area contributed by atoms with Crippen molar-refractivity contribution in [1.82, 2.24) is 5.32 Å². The van der Waals surface area contributed by atoms with Crippen molar-refractivity contribution in [1.29, 1.82) is 0 Å². The Morgan fingerprint density at radius 2 is 2.12 bits per heavy atom. The maximum atomic E-state index is 5.89. The number of benzene rings is 1. The van der Waals surface area contributed by atoms with Crippen LogP contribution in [-0.2, 0) is 6.54 Å². The van der Waals surface area contributed by atoms with Crippen LogP contribution in [-0.4, -0.2) is 12.6 Å². The van der Waals surface area contributed by atoms with E-state index >= 15 is 0 Å². The lowest BCUT2D eigenvalue weighted by molar-refractivity contribution is 0.404. The molecule has 4 heteroatoms. The van der Waals surface area contributed by atoms with E-state index in [9.17, 15) is 0 Å². The first-order chi connectivity index (χ1) is 7.54. The average molecular weight is 306 g/mol. The Morgan fingerprint density at radius 3 is 2.62 bits per heavy atom. The summed E-state index contributed by atoms with van der Waals surface area (Å²) in [5.41, 5.74) is 6.90. The maximum absolute atomic E-state index is 5.89. The van der Waals surface area contributed by atoms with Gasteiger partial charge in [0.25, 0.3) is 0 Å². The molecule has 0 amide bonds. The number of nitrogens with one attached hydrogen (secondary N) is 1. The molecular formula is C12H18BrClN2. The van der Waals surface area contributed by atoms with E-state index in [-0.39, 0.29) is 0 Å². The van der Waals surface area contributed by atoms with Crippen LogP contribution in [0.15, 0.2) is 22.7 Å². The fraction of sp³-hybridized carbons (Fsp3) is 0.500. The van der Waals surface area contributed by atoms with E-state index in [0.29, 0.717) is 18.5 Å². The maximum Gasteiger partial charge on any atom is 0.0417 e. The van der Waals surface area contributed by atoms with Gasteiger partial charge in [0.1, 0.15) is 0 Å². The molecule has 0 spiro atoms. The zero-order valence-electron chi connectivity index (χ0n) is 9.63. The molecular weight excluding hydrogens is 288 g/mol. The standard InChI is InChI=1S/C12H18BrClN2/c1-8(2)12(6-15)16-7-9-3-4-10(14)5-11(9)13/h3-5,8,12,16H,6-7,15H2,1-2H3. The average Bonchev–Trinajstić information content (AvgIpc) is 2.21. The van der Waals surface area contributed by atoms with Crippen LogP contribution >= 0.6 is 27.5 Å². The van der Waals surface area contributed by atoms with Gasteiger partial charge in [0, 0.05) is 28.6 Å². The van der Waals surface area contributed by atoms with Crippen molar-refractivity contribution >= 4 is 27.5 Å². The molecule has 1 unspecified atom stereocenters. The lowest BCUT2D eigenvalue weighted by Gasteiger charge is -2.21. The molecule has 0 bridgehead atoms. The van der Waals surface area contributed by atoms with Crippen LogP contribution in [0.25, 0.3) is 0 Å². The number of halogens is 2. The molecule has 0 aliphatic carbocycles. The third kappa shape index (κ3) is 4.06. The van der Waals surface area contributed by atoms with Crippen LogP contribution in [0.4, 0.5) is 0 Å². The lowest BCUT2D eigenvalue weighted by atomic mass is 10.0. The quantitative estimate of drug-likeness (QED) is 0.877. The molecule has 1 atom stereocenters. The van der Waals surface area contributed by atoms with Crippen molar-refractivity contribution in [3.63, 3.8) is 0 Å². The Bertz CT molecular complexity index is 342. The minimum absolute atomic E-state index is 0.350. The van der Waals surface area contributed by atoms with Gasteiger partial charge in [0.15, 0.2) is 0 Å². The van der Waals surface area contributed by atoms with Crippen LogP contribution < -0.4 is 11.1 Å². The van der Waals surface area contributed by atoms with Crippen molar-refractivity contribution in [2.75, 3.05) is 6.54 Å². The number of hydrogen-bond donors (Lipinski definition) is 2. The van der Waals surface area contributed by atoms with Gasteiger partial charge in [-0.1, -0.05) is 47.4 Å². The third-order valence-electron chi connectivity index (χ3n) is 2.63. The molecule has 1 rings (SSSR count). The van der Waals surface area contributed by atoms with E-state index in [0.717, 1.165) is 16.0 Å². The van der Waals surface area contributed by atoms with Crippen molar-refractivity contribution < 1.29 is 0 Å². The first-order valence-electron chi connectivity index (χ1n) is 5.42. The molecule has 0 radical (unpaired) electrons. The van der Waals surface area contributed by atoms with E-state index in [1.807, 2.05) is 18.2 Å². The van der Waals surface area contributed by atoms with Gasteiger partial charge in [0.05, 0.1) is 0 Å². The Kier molecular flexibility index (Phi) is 5.76. The summed E-state index contributed by atoms with van der Waals surface area (Å²) < 4.78 is 1.03. The molecule has 0 saturated heterocycles. The minimum atomic E-state index is 0.350. The van der Waals surface area contributed by atoms with Gasteiger partial charge in [-0.15, -0.1) is 0 Å². The summed E-state index contributed by atoms with van der Waals surface area (Å²) in [4.78, 5) is 0. The second-order valence-corrected chi connectivity index (χ2v) is 5.49. The normalized spacial score (nSPS) is 13.1. The summed E-state index contributed by atoms with van der Waals surface area (Å²) in [5, 5.41) is 4.19. The van der Waals surface area contributed by atoms with Gasteiger partial charge < -0.3 is 11.1 Å². The highest BCUT2D eigenvalue weighted by atomic mass is 79.9. The van der Waals surface area contributed by atoms with Gasteiger partial charge in [0.2, 0.25) is 0 Å². The van der Waals surface area contributed by atoms with Crippen LogP contribution in [0, 0.1) is 5.92 Å². The van der Waals surface area contributed by atoms with Crippen molar-refractivity contribution in [2.24, 2.45) is 11.7 Å². The van der Waals surface area contributed by atoms with E-state index in [1.54, 1.807) is 0 Å². The Labute approximate surface area is 111 Å². The third-order valence-corrected chi connectivity index (χ3v) is 3.60. The largest absolute Gasteiger partial charge is 0.329 e. The second-order valence-electron chi connectivity index (χ2n) is 4.20. The number of rotatable bonds is 5. The molecule has 0 aromatic heterocycles. The summed E-state index contributed by atoms with van der Waals surface area (Å²) in [6.07, 6.45) is 0. The Morgan fingerprint density at radius 1 is 1.44 bits per heavy atom. The fourth-order valence-electron chi connectivity index (χ4n) is 1.50. The highest BCUT2D eigenvalue weighted by Gasteiger charge is 2.11. The van der Waals surface area contributed by atoms with Crippen LogP contribution in [0.1, 0.15) is 19.4 Å². The molecule has 0 aliphatic heterocycles. The summed E-state index contributed by atoms with van der Waals surface area (Å²) in [6, 6.07) is 6.18. The van der Waals surface area contributed by atoms with Crippen LogP contribution in [0.3, 0.4) is 0 Å². The molecule has 1 aromatic carbocycles. The van der Waals surface area contributed by atoms with E-state index in [4.69, 9.17) is 17.3 Å². The molecule has 0 saturated carbocycles. The van der Waals surface area contributed by atoms with Crippen LogP contribution in [0.2, 0.25) is 5.02 Å². The minimum Gasteiger partial charge on any atom is -0.329 e. The van der Waals surface area contributed by atoms with Crippen LogP contribution in [0.5, 0.6) is 0 Å². The first-order valence-corrected chi connectivity index (χ1v) is 6.59. The smallest absolute Gasteiger partial charge is 0.0417 e. The predicted molar refractivity (Wildman–Crippen MR) is 73.7 cm³/mol. The van der Waals surface area contributed by atoms with Gasteiger partial charge in [-0.05, 0) is 23.6 Å². The molecule has 0 aliphatic rings.